The molecule has 2 aromatic carbocycles. The van der Waals surface area contributed by atoms with Crippen LogP contribution in [0.1, 0.15) is 11.1 Å². The standard InChI is InChI=1S/C23H21ClN2O7S/c1-25-15(12-32-22(25)30)8-13-2-5-16(6-3-13)33-18-7-4-14(9-17(18)24)10-19-21(29)26(11-20(27)28)23(31)34-19/h2-7,9,15,19H,8,10-12H2,1H3,(H,27,28). The highest BCUT2D eigenvalue weighted by molar-refractivity contribution is 8.15. The SMILES string of the molecule is CN1C(=O)OCC1Cc1ccc(Oc2ccc(CC3SC(=O)N(CC(=O)O)C3=O)cc2Cl)cc1. The predicted molar refractivity (Wildman–Crippen MR) is 124 cm³/mol. The number of carboxylic acids is 1. The van der Waals surface area contributed by atoms with Crippen LogP contribution in [0.3, 0.4) is 0 Å². The Morgan fingerprint density at radius 2 is 1.85 bits per heavy atom. The van der Waals surface area contributed by atoms with Gasteiger partial charge in [-0.05, 0) is 48.2 Å². The second-order valence-corrected chi connectivity index (χ2v) is 9.51. The normalized spacial score (nSPS) is 20.1. The summed E-state index contributed by atoms with van der Waals surface area (Å²) in [7, 11) is 1.72. The molecule has 9 nitrogen and oxygen atoms in total. The quantitative estimate of drug-likeness (QED) is 0.577. The monoisotopic (exact) mass is 504 g/mol. The summed E-state index contributed by atoms with van der Waals surface area (Å²) in [6.07, 6.45) is 0.590. The molecule has 2 aliphatic rings. The first-order chi connectivity index (χ1) is 16.2. The molecule has 2 aliphatic heterocycles. The highest BCUT2D eigenvalue weighted by atomic mass is 35.5. The van der Waals surface area contributed by atoms with Gasteiger partial charge in [0.1, 0.15) is 24.7 Å². The number of carboxylic acid groups (broad SMARTS) is 1. The van der Waals surface area contributed by atoms with E-state index in [1.807, 2.05) is 24.3 Å². The number of amides is 3. The van der Waals surface area contributed by atoms with E-state index >= 15 is 0 Å². The number of benzene rings is 2. The molecule has 0 bridgehead atoms. The third kappa shape index (κ3) is 5.28. The van der Waals surface area contributed by atoms with Crippen LogP contribution in [-0.2, 0) is 27.2 Å². The molecule has 2 fully saturated rings. The third-order valence-corrected chi connectivity index (χ3v) is 6.94. The summed E-state index contributed by atoms with van der Waals surface area (Å²) in [5, 5.41) is 7.95. The lowest BCUT2D eigenvalue weighted by Crippen LogP contribution is -2.36. The van der Waals surface area contributed by atoms with Gasteiger partial charge in [0.05, 0.1) is 16.3 Å². The number of carbonyl (C=O) groups is 4. The lowest BCUT2D eigenvalue weighted by molar-refractivity contribution is -0.141. The van der Waals surface area contributed by atoms with Gasteiger partial charge in [0.2, 0.25) is 5.91 Å². The van der Waals surface area contributed by atoms with E-state index in [4.69, 9.17) is 26.2 Å². The van der Waals surface area contributed by atoms with E-state index < -0.39 is 28.9 Å². The van der Waals surface area contributed by atoms with E-state index in [1.165, 1.54) is 0 Å². The van der Waals surface area contributed by atoms with Gasteiger partial charge in [0.15, 0.2) is 0 Å². The summed E-state index contributed by atoms with van der Waals surface area (Å²) in [6, 6.07) is 12.5. The Hall–Kier alpha value is -3.24. The summed E-state index contributed by atoms with van der Waals surface area (Å²) in [5.74, 6) is -0.743. The van der Waals surface area contributed by atoms with Crippen molar-refractivity contribution in [3.05, 3.63) is 58.6 Å². The molecule has 2 unspecified atom stereocenters. The molecule has 2 atom stereocenters. The lowest BCUT2D eigenvalue weighted by atomic mass is 10.1. The molecule has 0 spiro atoms. The first-order valence-corrected chi connectivity index (χ1v) is 11.7. The summed E-state index contributed by atoms with van der Waals surface area (Å²) in [5.41, 5.74) is 1.76. The smallest absolute Gasteiger partial charge is 0.409 e. The summed E-state index contributed by atoms with van der Waals surface area (Å²) in [6.45, 7) is -0.275. The second kappa shape index (κ2) is 9.94. The van der Waals surface area contributed by atoms with Crippen molar-refractivity contribution in [3.63, 3.8) is 0 Å². The van der Waals surface area contributed by atoms with E-state index in [2.05, 4.69) is 0 Å². The molecule has 0 aromatic heterocycles. The number of rotatable bonds is 8. The zero-order chi connectivity index (χ0) is 24.4. The van der Waals surface area contributed by atoms with Crippen molar-refractivity contribution >= 4 is 46.6 Å². The lowest BCUT2D eigenvalue weighted by Gasteiger charge is -2.16. The van der Waals surface area contributed by atoms with Crippen molar-refractivity contribution in [3.8, 4) is 11.5 Å². The van der Waals surface area contributed by atoms with Gasteiger partial charge in [-0.2, -0.15) is 0 Å². The first-order valence-electron chi connectivity index (χ1n) is 10.4. The van der Waals surface area contributed by atoms with Crippen LogP contribution >= 0.6 is 23.4 Å². The minimum Gasteiger partial charge on any atom is -0.480 e. The number of nitrogens with zero attached hydrogens (tertiary/aromatic N) is 2. The fraction of sp³-hybridized carbons (Fsp3) is 0.304. The molecular weight excluding hydrogens is 484 g/mol. The molecule has 2 saturated heterocycles. The fourth-order valence-electron chi connectivity index (χ4n) is 3.69. The molecular formula is C23H21ClN2O7S. The van der Waals surface area contributed by atoms with Crippen molar-refractivity contribution in [1.29, 1.82) is 0 Å². The number of aliphatic carboxylic acids is 1. The van der Waals surface area contributed by atoms with Crippen LogP contribution < -0.4 is 4.74 Å². The van der Waals surface area contributed by atoms with Gasteiger partial charge in [0.25, 0.3) is 5.24 Å². The molecule has 0 radical (unpaired) electrons. The van der Waals surface area contributed by atoms with E-state index in [1.54, 1.807) is 30.1 Å². The van der Waals surface area contributed by atoms with Gasteiger partial charge in [-0.15, -0.1) is 0 Å². The van der Waals surface area contributed by atoms with Crippen LogP contribution in [0.4, 0.5) is 9.59 Å². The second-order valence-electron chi connectivity index (χ2n) is 7.95. The van der Waals surface area contributed by atoms with Crippen LogP contribution in [0.5, 0.6) is 11.5 Å². The van der Waals surface area contributed by atoms with Crippen molar-refractivity contribution in [2.45, 2.75) is 24.1 Å². The average molecular weight is 505 g/mol. The molecule has 2 heterocycles. The number of halogens is 1. The van der Waals surface area contributed by atoms with Crippen LogP contribution in [-0.4, -0.2) is 69.6 Å². The van der Waals surface area contributed by atoms with Gasteiger partial charge in [-0.3, -0.25) is 19.3 Å². The third-order valence-electron chi connectivity index (χ3n) is 5.57. The molecule has 0 saturated carbocycles. The maximum Gasteiger partial charge on any atom is 0.409 e. The Bertz CT molecular complexity index is 1140. The Labute approximate surface area is 204 Å². The van der Waals surface area contributed by atoms with Gasteiger partial charge >= 0.3 is 12.1 Å². The highest BCUT2D eigenvalue weighted by Crippen LogP contribution is 2.34. The number of imide groups is 1. The van der Waals surface area contributed by atoms with Crippen LogP contribution in [0, 0.1) is 0 Å². The topological polar surface area (TPSA) is 113 Å². The van der Waals surface area contributed by atoms with Gasteiger partial charge in [-0.1, -0.05) is 41.6 Å². The Balaban J connectivity index is 1.36. The molecule has 11 heteroatoms. The van der Waals surface area contributed by atoms with Gasteiger partial charge < -0.3 is 19.5 Å². The van der Waals surface area contributed by atoms with E-state index in [0.717, 1.165) is 27.8 Å². The van der Waals surface area contributed by atoms with Gasteiger partial charge in [0, 0.05) is 7.05 Å². The Morgan fingerprint density at radius 1 is 1.15 bits per heavy atom. The van der Waals surface area contributed by atoms with E-state index in [9.17, 15) is 19.2 Å². The number of carbonyl (C=O) groups excluding carboxylic acids is 3. The number of ether oxygens (including phenoxy) is 2. The molecule has 2 aromatic rings. The molecule has 4 rings (SSSR count). The molecule has 178 valence electrons. The summed E-state index contributed by atoms with van der Waals surface area (Å²) >= 11 is 7.19. The summed E-state index contributed by atoms with van der Waals surface area (Å²) in [4.78, 5) is 49.0. The van der Waals surface area contributed by atoms with Gasteiger partial charge in [-0.25, -0.2) is 4.79 Å². The zero-order valence-electron chi connectivity index (χ0n) is 18.1. The fourth-order valence-corrected chi connectivity index (χ4v) is 4.96. The predicted octanol–water partition coefficient (Wildman–Crippen LogP) is 3.82. The maximum atomic E-state index is 12.4. The number of cyclic esters (lactones) is 1. The van der Waals surface area contributed by atoms with Crippen molar-refractivity contribution < 1.29 is 33.8 Å². The maximum absolute atomic E-state index is 12.4. The van der Waals surface area contributed by atoms with Crippen molar-refractivity contribution in [2.75, 3.05) is 20.2 Å². The molecule has 34 heavy (non-hydrogen) atoms. The Kier molecular flexibility index (Phi) is 6.99. The number of thioether (sulfide) groups is 1. The number of hydrogen-bond acceptors (Lipinski definition) is 7. The largest absolute Gasteiger partial charge is 0.480 e. The summed E-state index contributed by atoms with van der Waals surface area (Å²) < 4.78 is 10.9. The average Bonchev–Trinajstić information content (AvgIpc) is 3.24. The van der Waals surface area contributed by atoms with Crippen LogP contribution in [0.25, 0.3) is 0 Å². The van der Waals surface area contributed by atoms with E-state index in [-0.39, 0.29) is 18.6 Å². The molecule has 1 N–H and O–H groups in total. The molecule has 0 aliphatic carbocycles. The highest BCUT2D eigenvalue weighted by Gasteiger charge is 2.40. The first kappa shape index (κ1) is 23.9. The molecule has 3 amide bonds. The Morgan fingerprint density at radius 3 is 2.47 bits per heavy atom. The minimum absolute atomic E-state index is 0.00216. The van der Waals surface area contributed by atoms with E-state index in [0.29, 0.717) is 29.5 Å². The van der Waals surface area contributed by atoms with Crippen molar-refractivity contribution in [2.24, 2.45) is 0 Å². The van der Waals surface area contributed by atoms with Crippen LogP contribution in [0.15, 0.2) is 42.5 Å². The minimum atomic E-state index is -1.24. The zero-order valence-corrected chi connectivity index (χ0v) is 19.7. The number of hydrogen-bond donors (Lipinski definition) is 1. The van der Waals surface area contributed by atoms with Crippen LogP contribution in [0.2, 0.25) is 5.02 Å². The number of likely N-dealkylation sites (N-methyl/N-ethyl adjacent to an activating group) is 1. The van der Waals surface area contributed by atoms with Crippen molar-refractivity contribution in [1.82, 2.24) is 9.80 Å².